The first-order valence-corrected chi connectivity index (χ1v) is 4.05. The molecule has 0 bridgehead atoms. The van der Waals surface area contributed by atoms with Crippen molar-refractivity contribution in [2.75, 3.05) is 13.2 Å². The van der Waals surface area contributed by atoms with E-state index >= 15 is 0 Å². The maximum absolute atomic E-state index is 8.47. The van der Waals surface area contributed by atoms with Gasteiger partial charge in [0.15, 0.2) is 0 Å². The first-order valence-electron chi connectivity index (χ1n) is 4.05. The van der Waals surface area contributed by atoms with Gasteiger partial charge >= 0.3 is 0 Å². The van der Waals surface area contributed by atoms with E-state index in [-0.39, 0.29) is 6.61 Å². The van der Waals surface area contributed by atoms with Crippen LogP contribution in [0.15, 0.2) is 0 Å². The van der Waals surface area contributed by atoms with E-state index in [2.05, 4.69) is 6.92 Å². The Labute approximate surface area is 62.2 Å². The third-order valence-corrected chi connectivity index (χ3v) is 2.09. The molecule has 1 saturated carbocycles. The van der Waals surface area contributed by atoms with Crippen molar-refractivity contribution in [1.29, 1.82) is 0 Å². The van der Waals surface area contributed by atoms with Gasteiger partial charge in [-0.3, -0.25) is 0 Å². The van der Waals surface area contributed by atoms with E-state index in [0.717, 1.165) is 5.92 Å². The van der Waals surface area contributed by atoms with Crippen molar-refractivity contribution in [3.63, 3.8) is 0 Å². The number of ether oxygens (including phenoxy) is 1. The van der Waals surface area contributed by atoms with E-state index < -0.39 is 0 Å². The first-order chi connectivity index (χ1) is 4.83. The van der Waals surface area contributed by atoms with Gasteiger partial charge in [0.2, 0.25) is 0 Å². The normalized spacial score (nSPS) is 33.0. The maximum Gasteiger partial charge on any atom is 0.0701 e. The van der Waals surface area contributed by atoms with Crippen LogP contribution in [0.25, 0.3) is 0 Å². The van der Waals surface area contributed by atoms with Gasteiger partial charge in [-0.05, 0) is 25.2 Å². The predicted octanol–water partition coefficient (Wildman–Crippen LogP) is 1.18. The Morgan fingerprint density at radius 3 is 2.80 bits per heavy atom. The summed E-state index contributed by atoms with van der Waals surface area (Å²) in [5.74, 6) is 0.823. The zero-order valence-corrected chi connectivity index (χ0v) is 6.55. The highest BCUT2D eigenvalue weighted by Gasteiger charge is 2.20. The van der Waals surface area contributed by atoms with Crippen LogP contribution in [0.5, 0.6) is 0 Å². The van der Waals surface area contributed by atoms with Gasteiger partial charge in [0, 0.05) is 0 Å². The Balaban J connectivity index is 2.06. The first kappa shape index (κ1) is 8.02. The van der Waals surface area contributed by atoms with E-state index in [0.29, 0.717) is 12.7 Å². The molecule has 1 rings (SSSR count). The van der Waals surface area contributed by atoms with Gasteiger partial charge in [-0.1, -0.05) is 6.92 Å². The SMILES string of the molecule is C[C@H]1CC[C@@H](OCCO)C1. The van der Waals surface area contributed by atoms with Crippen molar-refractivity contribution >= 4 is 0 Å². The molecule has 0 aromatic heterocycles. The summed E-state index contributed by atoms with van der Waals surface area (Å²) in [6.07, 6.45) is 4.08. The van der Waals surface area contributed by atoms with Crippen LogP contribution >= 0.6 is 0 Å². The standard InChI is InChI=1S/C8H16O2/c1-7-2-3-8(6-7)10-5-4-9/h7-9H,2-6H2,1H3/t7-,8+/m0/s1. The summed E-state index contributed by atoms with van der Waals surface area (Å²) in [6.45, 7) is 2.92. The van der Waals surface area contributed by atoms with Crippen molar-refractivity contribution in [2.24, 2.45) is 5.92 Å². The van der Waals surface area contributed by atoms with Gasteiger partial charge in [0.1, 0.15) is 0 Å². The quantitative estimate of drug-likeness (QED) is 0.644. The lowest BCUT2D eigenvalue weighted by atomic mass is 10.1. The topological polar surface area (TPSA) is 29.5 Å². The van der Waals surface area contributed by atoms with Crippen LogP contribution in [0.2, 0.25) is 0 Å². The Morgan fingerprint density at radius 2 is 2.30 bits per heavy atom. The molecule has 1 fully saturated rings. The van der Waals surface area contributed by atoms with Crippen molar-refractivity contribution in [2.45, 2.75) is 32.3 Å². The summed E-state index contributed by atoms with van der Waals surface area (Å²) in [5, 5.41) is 8.47. The Morgan fingerprint density at radius 1 is 1.50 bits per heavy atom. The van der Waals surface area contributed by atoms with E-state index in [1.165, 1.54) is 19.3 Å². The molecule has 0 aromatic carbocycles. The number of hydrogen-bond donors (Lipinski definition) is 1. The molecule has 0 saturated heterocycles. The Hall–Kier alpha value is -0.0800. The van der Waals surface area contributed by atoms with Gasteiger partial charge in [-0.15, -0.1) is 0 Å². The summed E-state index contributed by atoms with van der Waals surface area (Å²) in [5.41, 5.74) is 0. The van der Waals surface area contributed by atoms with Crippen molar-refractivity contribution in [3.8, 4) is 0 Å². The lowest BCUT2D eigenvalue weighted by Gasteiger charge is -2.09. The summed E-state index contributed by atoms with van der Waals surface area (Å²) < 4.78 is 5.37. The molecule has 1 N–H and O–H groups in total. The van der Waals surface area contributed by atoms with E-state index in [1.807, 2.05) is 0 Å². The summed E-state index contributed by atoms with van der Waals surface area (Å²) in [7, 11) is 0. The van der Waals surface area contributed by atoms with Crippen molar-refractivity contribution < 1.29 is 9.84 Å². The molecule has 2 atom stereocenters. The summed E-state index contributed by atoms with van der Waals surface area (Å²) in [4.78, 5) is 0. The zero-order chi connectivity index (χ0) is 7.40. The van der Waals surface area contributed by atoms with Crippen LogP contribution < -0.4 is 0 Å². The average Bonchev–Trinajstić information content (AvgIpc) is 2.31. The van der Waals surface area contributed by atoms with Gasteiger partial charge in [0.05, 0.1) is 19.3 Å². The minimum Gasteiger partial charge on any atom is -0.394 e. The monoisotopic (exact) mass is 144 g/mol. The average molecular weight is 144 g/mol. The second-order valence-electron chi connectivity index (χ2n) is 3.13. The number of rotatable bonds is 3. The third-order valence-electron chi connectivity index (χ3n) is 2.09. The van der Waals surface area contributed by atoms with Gasteiger partial charge in [0.25, 0.3) is 0 Å². The zero-order valence-electron chi connectivity index (χ0n) is 6.55. The minimum absolute atomic E-state index is 0.158. The van der Waals surface area contributed by atoms with Crippen molar-refractivity contribution in [1.82, 2.24) is 0 Å². The highest BCUT2D eigenvalue weighted by atomic mass is 16.5. The van der Waals surface area contributed by atoms with Gasteiger partial charge in [-0.2, -0.15) is 0 Å². The van der Waals surface area contributed by atoms with Crippen LogP contribution in [0.3, 0.4) is 0 Å². The lowest BCUT2D eigenvalue weighted by Crippen LogP contribution is -2.11. The molecule has 0 radical (unpaired) electrons. The molecule has 0 aromatic rings. The van der Waals surface area contributed by atoms with E-state index in [9.17, 15) is 0 Å². The fourth-order valence-corrected chi connectivity index (χ4v) is 1.53. The molecular weight excluding hydrogens is 128 g/mol. The molecule has 10 heavy (non-hydrogen) atoms. The second-order valence-corrected chi connectivity index (χ2v) is 3.13. The molecule has 0 aliphatic heterocycles. The summed E-state index contributed by atoms with van der Waals surface area (Å²) in [6, 6.07) is 0. The predicted molar refractivity (Wildman–Crippen MR) is 39.8 cm³/mol. The number of hydrogen-bond acceptors (Lipinski definition) is 2. The van der Waals surface area contributed by atoms with Crippen LogP contribution in [-0.2, 0) is 4.74 Å². The largest absolute Gasteiger partial charge is 0.394 e. The van der Waals surface area contributed by atoms with Crippen LogP contribution in [0, 0.1) is 5.92 Å². The van der Waals surface area contributed by atoms with Crippen LogP contribution in [0.4, 0.5) is 0 Å². The smallest absolute Gasteiger partial charge is 0.0701 e. The van der Waals surface area contributed by atoms with Gasteiger partial charge in [-0.25, -0.2) is 0 Å². The molecule has 0 unspecified atom stereocenters. The summed E-state index contributed by atoms with van der Waals surface area (Å²) >= 11 is 0. The van der Waals surface area contributed by atoms with E-state index in [4.69, 9.17) is 9.84 Å². The molecule has 0 amide bonds. The highest BCUT2D eigenvalue weighted by Crippen LogP contribution is 2.26. The fourth-order valence-electron chi connectivity index (χ4n) is 1.53. The number of aliphatic hydroxyl groups excluding tert-OH is 1. The van der Waals surface area contributed by atoms with Crippen molar-refractivity contribution in [3.05, 3.63) is 0 Å². The second kappa shape index (κ2) is 3.94. The molecule has 1 aliphatic carbocycles. The molecule has 0 heterocycles. The molecule has 2 nitrogen and oxygen atoms in total. The maximum atomic E-state index is 8.47. The number of aliphatic hydroxyl groups is 1. The fraction of sp³-hybridized carbons (Fsp3) is 1.00. The lowest BCUT2D eigenvalue weighted by molar-refractivity contribution is 0.0312. The minimum atomic E-state index is 0.158. The van der Waals surface area contributed by atoms with Gasteiger partial charge < -0.3 is 9.84 Å². The molecule has 0 spiro atoms. The Bertz CT molecular complexity index is 93.3. The van der Waals surface area contributed by atoms with E-state index in [1.54, 1.807) is 0 Å². The molecular formula is C8H16O2. The molecule has 60 valence electrons. The Kier molecular flexibility index (Phi) is 3.16. The van der Waals surface area contributed by atoms with Crippen LogP contribution in [-0.4, -0.2) is 24.4 Å². The third kappa shape index (κ3) is 2.27. The van der Waals surface area contributed by atoms with Crippen LogP contribution in [0.1, 0.15) is 26.2 Å². The molecule has 1 aliphatic rings. The molecule has 2 heteroatoms. The highest BCUT2D eigenvalue weighted by molar-refractivity contribution is 4.72.